The Hall–Kier alpha value is -3.09. The van der Waals surface area contributed by atoms with E-state index in [2.05, 4.69) is 15.3 Å². The van der Waals surface area contributed by atoms with E-state index in [0.717, 1.165) is 0 Å². The summed E-state index contributed by atoms with van der Waals surface area (Å²) in [5, 5.41) is 11.2. The number of anilines is 1. The smallest absolute Gasteiger partial charge is 0.325 e. The first kappa shape index (κ1) is 18.3. The summed E-state index contributed by atoms with van der Waals surface area (Å²) in [4.78, 5) is 31.5. The summed E-state index contributed by atoms with van der Waals surface area (Å²) < 4.78 is 37.4. The number of amides is 1. The Labute approximate surface area is 139 Å². The lowest BCUT2D eigenvalue weighted by Crippen LogP contribution is -2.18. The zero-order valence-corrected chi connectivity index (χ0v) is 13.3. The number of imidazole rings is 1. The van der Waals surface area contributed by atoms with E-state index >= 15 is 0 Å². The molecule has 0 aromatic carbocycles. The molecule has 0 spiro atoms. The van der Waals surface area contributed by atoms with Gasteiger partial charge < -0.3 is 9.97 Å². The highest BCUT2D eigenvalue weighted by Gasteiger charge is 2.33. The molecule has 0 aliphatic carbocycles. The maximum atomic E-state index is 12.5. The quantitative estimate of drug-likeness (QED) is 0.781. The predicted molar refractivity (Wildman–Crippen MR) is 81.8 cm³/mol. The van der Waals surface area contributed by atoms with Gasteiger partial charge in [0.05, 0.1) is 6.20 Å². The number of H-pyrrole nitrogens is 2. The topological polar surface area (TPSA) is 114 Å². The van der Waals surface area contributed by atoms with Crippen molar-refractivity contribution in [3.8, 4) is 6.07 Å². The molecule has 3 N–H and O–H groups in total. The fourth-order valence-corrected chi connectivity index (χ4v) is 2.38. The third kappa shape index (κ3) is 4.06. The van der Waals surface area contributed by atoms with Gasteiger partial charge in [-0.25, -0.2) is 4.98 Å². The average Bonchev–Trinajstić information content (AvgIpc) is 2.95. The lowest BCUT2D eigenvalue weighted by molar-refractivity contribution is -0.140. The molecule has 0 saturated heterocycles. The summed E-state index contributed by atoms with van der Waals surface area (Å²) in [6, 6.07) is 1.81. The number of alkyl halides is 3. The molecular formula is C15H14F3N5O2. The van der Waals surface area contributed by atoms with Gasteiger partial charge in [0.2, 0.25) is 11.9 Å². The number of hydrogen-bond donors (Lipinski definition) is 3. The van der Waals surface area contributed by atoms with E-state index in [-0.39, 0.29) is 24.4 Å². The Morgan fingerprint density at radius 1 is 1.36 bits per heavy atom. The molecule has 0 unspecified atom stereocenters. The van der Waals surface area contributed by atoms with Gasteiger partial charge in [-0.3, -0.25) is 14.9 Å². The molecule has 7 nitrogen and oxygen atoms in total. The Balaban J connectivity index is 2.07. The van der Waals surface area contributed by atoms with Crippen LogP contribution in [0.25, 0.3) is 0 Å². The van der Waals surface area contributed by atoms with E-state index < -0.39 is 23.3 Å². The van der Waals surface area contributed by atoms with Crippen molar-refractivity contribution in [2.45, 2.75) is 32.9 Å². The molecule has 0 aliphatic heterocycles. The number of rotatable bonds is 4. The SMILES string of the molecule is Cc1[nH]c(=O)c(C#N)c(C)c1CCC(=O)Nc1ncc(C(F)(F)F)[nH]1. The summed E-state index contributed by atoms with van der Waals surface area (Å²) in [7, 11) is 0. The monoisotopic (exact) mass is 353 g/mol. The normalized spacial score (nSPS) is 11.2. The Kier molecular flexibility index (Phi) is 4.97. The molecule has 0 saturated carbocycles. The van der Waals surface area contributed by atoms with Gasteiger partial charge >= 0.3 is 6.18 Å². The molecule has 0 fully saturated rings. The van der Waals surface area contributed by atoms with Gasteiger partial charge in [0.25, 0.3) is 5.56 Å². The summed E-state index contributed by atoms with van der Waals surface area (Å²) in [6.45, 7) is 3.25. The number of pyridine rings is 1. The van der Waals surface area contributed by atoms with E-state index in [4.69, 9.17) is 5.26 Å². The second-order valence-electron chi connectivity index (χ2n) is 5.36. The van der Waals surface area contributed by atoms with Crippen molar-refractivity contribution in [2.24, 2.45) is 0 Å². The number of hydrogen-bond acceptors (Lipinski definition) is 4. The average molecular weight is 353 g/mol. The number of carbonyl (C=O) groups is 1. The Morgan fingerprint density at radius 3 is 2.60 bits per heavy atom. The third-order valence-electron chi connectivity index (χ3n) is 3.66. The van der Waals surface area contributed by atoms with Crippen molar-refractivity contribution in [3.05, 3.63) is 44.6 Å². The van der Waals surface area contributed by atoms with E-state index in [1.165, 1.54) is 0 Å². The van der Waals surface area contributed by atoms with Crippen molar-refractivity contribution in [3.63, 3.8) is 0 Å². The highest BCUT2D eigenvalue weighted by Crippen LogP contribution is 2.28. The van der Waals surface area contributed by atoms with Crippen molar-refractivity contribution in [2.75, 3.05) is 5.32 Å². The molecule has 2 heterocycles. The molecule has 2 aromatic rings. The number of nitrogens with one attached hydrogen (secondary N) is 3. The van der Waals surface area contributed by atoms with Gasteiger partial charge in [-0.2, -0.15) is 18.4 Å². The van der Waals surface area contributed by atoms with Crippen molar-refractivity contribution in [1.82, 2.24) is 15.0 Å². The molecule has 0 aliphatic rings. The number of aromatic nitrogens is 3. The molecule has 132 valence electrons. The number of aryl methyl sites for hydroxylation is 1. The lowest BCUT2D eigenvalue weighted by Gasteiger charge is -2.10. The van der Waals surface area contributed by atoms with Crippen molar-refractivity contribution >= 4 is 11.9 Å². The van der Waals surface area contributed by atoms with Crippen LogP contribution < -0.4 is 10.9 Å². The number of nitriles is 1. The fraction of sp³-hybridized carbons (Fsp3) is 0.333. The second kappa shape index (κ2) is 6.80. The molecule has 0 radical (unpaired) electrons. The van der Waals surface area contributed by atoms with Crippen LogP contribution in [0.1, 0.15) is 34.5 Å². The summed E-state index contributed by atoms with van der Waals surface area (Å²) in [5.74, 6) is -0.850. The first-order chi connectivity index (χ1) is 11.6. The molecule has 1 amide bonds. The van der Waals surface area contributed by atoms with Gasteiger partial charge in [-0.15, -0.1) is 0 Å². The molecule has 10 heteroatoms. The van der Waals surface area contributed by atoms with Crippen LogP contribution in [0.15, 0.2) is 11.0 Å². The zero-order chi connectivity index (χ0) is 18.8. The molecule has 0 bridgehead atoms. The highest BCUT2D eigenvalue weighted by molar-refractivity contribution is 5.89. The number of nitrogens with zero attached hydrogens (tertiary/aromatic N) is 2. The minimum Gasteiger partial charge on any atom is -0.325 e. The van der Waals surface area contributed by atoms with Gasteiger partial charge in [0, 0.05) is 12.1 Å². The van der Waals surface area contributed by atoms with Gasteiger partial charge in [0.15, 0.2) is 0 Å². The van der Waals surface area contributed by atoms with Crippen LogP contribution in [0.3, 0.4) is 0 Å². The molecule has 25 heavy (non-hydrogen) atoms. The first-order valence-electron chi connectivity index (χ1n) is 7.18. The Bertz CT molecular complexity index is 905. The van der Waals surface area contributed by atoms with Gasteiger partial charge in [-0.05, 0) is 31.4 Å². The standard InChI is InChI=1S/C15H14F3N5O2/c1-7-9(8(2)21-13(25)10(7)5-19)3-4-12(24)23-14-20-6-11(22-14)15(16,17)18/h6H,3-4H2,1-2H3,(H,21,25)(H2,20,22,23,24). The second-order valence-corrected chi connectivity index (χ2v) is 5.36. The van der Waals surface area contributed by atoms with Gasteiger partial charge in [0.1, 0.15) is 17.3 Å². The molecule has 0 atom stereocenters. The minimum atomic E-state index is -4.58. The highest BCUT2D eigenvalue weighted by atomic mass is 19.4. The minimum absolute atomic E-state index is 0.0261. The summed E-state index contributed by atoms with van der Waals surface area (Å²) in [5.41, 5.74) is 0.0684. The number of carbonyl (C=O) groups excluding carboxylic acids is 1. The van der Waals surface area contributed by atoms with Crippen LogP contribution in [-0.2, 0) is 17.4 Å². The Morgan fingerprint density at radius 2 is 2.04 bits per heavy atom. The van der Waals surface area contributed by atoms with E-state index in [1.807, 2.05) is 11.1 Å². The third-order valence-corrected chi connectivity index (χ3v) is 3.66. The van der Waals surface area contributed by atoms with E-state index in [9.17, 15) is 22.8 Å². The molecule has 2 aromatic heterocycles. The van der Waals surface area contributed by atoms with Crippen molar-refractivity contribution < 1.29 is 18.0 Å². The number of halogens is 3. The molecular weight excluding hydrogens is 339 g/mol. The fourth-order valence-electron chi connectivity index (χ4n) is 2.38. The predicted octanol–water partition coefficient (Wildman–Crippen LogP) is 2.18. The van der Waals surface area contributed by atoms with Crippen molar-refractivity contribution in [1.29, 1.82) is 5.26 Å². The van der Waals surface area contributed by atoms with Gasteiger partial charge in [-0.1, -0.05) is 0 Å². The maximum Gasteiger partial charge on any atom is 0.432 e. The van der Waals surface area contributed by atoms with Crippen LogP contribution in [0.5, 0.6) is 0 Å². The number of aromatic amines is 2. The summed E-state index contributed by atoms with van der Waals surface area (Å²) >= 11 is 0. The van der Waals surface area contributed by atoms with E-state index in [0.29, 0.717) is 23.0 Å². The zero-order valence-electron chi connectivity index (χ0n) is 13.3. The first-order valence-corrected chi connectivity index (χ1v) is 7.18. The van der Waals surface area contributed by atoms with Crippen LogP contribution in [0.4, 0.5) is 19.1 Å². The van der Waals surface area contributed by atoms with Crippen LogP contribution in [0.2, 0.25) is 0 Å². The van der Waals surface area contributed by atoms with E-state index in [1.54, 1.807) is 13.8 Å². The van der Waals surface area contributed by atoms with Crippen LogP contribution in [-0.4, -0.2) is 20.9 Å². The molecule has 2 rings (SSSR count). The maximum absolute atomic E-state index is 12.5. The van der Waals surface area contributed by atoms with Crippen LogP contribution in [0, 0.1) is 25.2 Å². The van der Waals surface area contributed by atoms with Crippen LogP contribution >= 0.6 is 0 Å². The summed E-state index contributed by atoms with van der Waals surface area (Å²) in [6.07, 6.45) is -3.83. The lowest BCUT2D eigenvalue weighted by atomic mass is 9.99. The largest absolute Gasteiger partial charge is 0.432 e.